The number of benzene rings is 1. The SMILES string of the molecule is CCOC1CC(NC(C)c2ccc(O)c(OC)c2)C1(C)C. The van der Waals surface area contributed by atoms with E-state index in [1.54, 1.807) is 13.2 Å². The summed E-state index contributed by atoms with van der Waals surface area (Å²) < 4.78 is 10.9. The molecule has 1 aliphatic carbocycles. The van der Waals surface area contributed by atoms with Crippen molar-refractivity contribution in [2.24, 2.45) is 5.41 Å². The minimum absolute atomic E-state index is 0.144. The molecule has 1 aliphatic rings. The number of phenolic OH excluding ortho intramolecular Hbond substituents is 1. The van der Waals surface area contributed by atoms with Crippen molar-refractivity contribution >= 4 is 0 Å². The van der Waals surface area contributed by atoms with E-state index in [2.05, 4.69) is 26.1 Å². The largest absolute Gasteiger partial charge is 0.504 e. The van der Waals surface area contributed by atoms with Crippen LogP contribution in [0.3, 0.4) is 0 Å². The number of phenols is 1. The van der Waals surface area contributed by atoms with Gasteiger partial charge in [0.1, 0.15) is 0 Å². The quantitative estimate of drug-likeness (QED) is 0.845. The Morgan fingerprint density at radius 2 is 2.14 bits per heavy atom. The van der Waals surface area contributed by atoms with Crippen LogP contribution in [-0.2, 0) is 4.74 Å². The van der Waals surface area contributed by atoms with Crippen molar-refractivity contribution in [1.29, 1.82) is 0 Å². The van der Waals surface area contributed by atoms with Crippen LogP contribution in [0.15, 0.2) is 18.2 Å². The van der Waals surface area contributed by atoms with Crippen LogP contribution in [0.5, 0.6) is 11.5 Å². The number of nitrogens with one attached hydrogen (secondary N) is 1. The van der Waals surface area contributed by atoms with Crippen molar-refractivity contribution in [2.45, 2.75) is 52.3 Å². The summed E-state index contributed by atoms with van der Waals surface area (Å²) in [5, 5.41) is 13.3. The first-order chi connectivity index (χ1) is 9.90. The maximum atomic E-state index is 9.67. The molecule has 0 spiro atoms. The Morgan fingerprint density at radius 1 is 1.43 bits per heavy atom. The molecule has 2 N–H and O–H groups in total. The molecule has 0 heterocycles. The van der Waals surface area contributed by atoms with Crippen LogP contribution in [0.2, 0.25) is 0 Å². The van der Waals surface area contributed by atoms with Crippen molar-refractivity contribution < 1.29 is 14.6 Å². The Bertz CT molecular complexity index is 487. The predicted octanol–water partition coefficient (Wildman–Crippen LogP) is 3.26. The normalized spacial score (nSPS) is 25.2. The van der Waals surface area contributed by atoms with Crippen molar-refractivity contribution in [3.05, 3.63) is 23.8 Å². The molecule has 0 aliphatic heterocycles. The van der Waals surface area contributed by atoms with Gasteiger partial charge in [-0.3, -0.25) is 0 Å². The summed E-state index contributed by atoms with van der Waals surface area (Å²) >= 11 is 0. The first-order valence-corrected chi connectivity index (χ1v) is 7.64. The summed E-state index contributed by atoms with van der Waals surface area (Å²) in [6.45, 7) is 9.45. The molecule has 1 fully saturated rings. The number of ether oxygens (including phenoxy) is 2. The standard InChI is InChI=1S/C17H27NO3/c1-6-21-16-10-15(17(16,3)4)18-11(2)12-7-8-13(19)14(9-12)20-5/h7-9,11,15-16,18-19H,6,10H2,1-5H3. The highest BCUT2D eigenvalue weighted by Gasteiger charge is 2.49. The molecular formula is C17H27NO3. The lowest BCUT2D eigenvalue weighted by atomic mass is 9.64. The molecule has 0 radical (unpaired) electrons. The highest BCUT2D eigenvalue weighted by Crippen LogP contribution is 2.43. The lowest BCUT2D eigenvalue weighted by molar-refractivity contribution is -0.116. The number of hydrogen-bond donors (Lipinski definition) is 2. The fraction of sp³-hybridized carbons (Fsp3) is 0.647. The van der Waals surface area contributed by atoms with Crippen molar-refractivity contribution in [1.82, 2.24) is 5.32 Å². The zero-order valence-corrected chi connectivity index (χ0v) is 13.6. The summed E-state index contributed by atoms with van der Waals surface area (Å²) in [5.41, 5.74) is 1.26. The molecule has 3 atom stereocenters. The van der Waals surface area contributed by atoms with Gasteiger partial charge in [0.15, 0.2) is 11.5 Å². The zero-order valence-electron chi connectivity index (χ0n) is 13.6. The van der Waals surface area contributed by atoms with E-state index >= 15 is 0 Å². The van der Waals surface area contributed by atoms with Gasteiger partial charge in [-0.05, 0) is 38.0 Å². The predicted molar refractivity (Wildman–Crippen MR) is 83.8 cm³/mol. The van der Waals surface area contributed by atoms with Gasteiger partial charge in [0.2, 0.25) is 0 Å². The van der Waals surface area contributed by atoms with E-state index in [0.29, 0.717) is 17.9 Å². The number of aromatic hydroxyl groups is 1. The third kappa shape index (κ3) is 3.16. The summed E-state index contributed by atoms with van der Waals surface area (Å²) in [5.74, 6) is 0.690. The molecule has 0 amide bonds. The van der Waals surface area contributed by atoms with Crippen LogP contribution in [0.25, 0.3) is 0 Å². The van der Waals surface area contributed by atoms with Crippen LogP contribution >= 0.6 is 0 Å². The molecule has 21 heavy (non-hydrogen) atoms. The van der Waals surface area contributed by atoms with Gasteiger partial charge in [-0.2, -0.15) is 0 Å². The van der Waals surface area contributed by atoms with E-state index in [9.17, 15) is 5.11 Å². The van der Waals surface area contributed by atoms with Crippen LogP contribution in [0.1, 0.15) is 45.7 Å². The molecule has 1 aromatic carbocycles. The molecule has 4 nitrogen and oxygen atoms in total. The summed E-state index contributed by atoms with van der Waals surface area (Å²) in [7, 11) is 1.57. The van der Waals surface area contributed by atoms with Gasteiger partial charge in [-0.1, -0.05) is 19.9 Å². The van der Waals surface area contributed by atoms with Crippen molar-refractivity contribution in [3.63, 3.8) is 0 Å². The third-order valence-electron chi connectivity index (χ3n) is 4.70. The first kappa shape index (κ1) is 16.1. The molecule has 0 aromatic heterocycles. The average Bonchev–Trinajstić information content (AvgIpc) is 2.46. The lowest BCUT2D eigenvalue weighted by Gasteiger charge is -2.52. The Morgan fingerprint density at radius 3 is 2.71 bits per heavy atom. The monoisotopic (exact) mass is 293 g/mol. The highest BCUT2D eigenvalue weighted by atomic mass is 16.5. The van der Waals surface area contributed by atoms with Gasteiger partial charge in [0.05, 0.1) is 13.2 Å². The molecule has 1 aromatic rings. The van der Waals surface area contributed by atoms with Crippen molar-refractivity contribution in [3.8, 4) is 11.5 Å². The second kappa shape index (κ2) is 6.24. The third-order valence-corrected chi connectivity index (χ3v) is 4.70. The van der Waals surface area contributed by atoms with Gasteiger partial charge in [-0.25, -0.2) is 0 Å². The minimum atomic E-state index is 0.144. The maximum absolute atomic E-state index is 9.67. The second-order valence-electron chi connectivity index (χ2n) is 6.37. The van der Waals surface area contributed by atoms with Gasteiger partial charge >= 0.3 is 0 Å². The fourth-order valence-electron chi connectivity index (χ4n) is 3.01. The Balaban J connectivity index is 2.01. The Hall–Kier alpha value is -1.26. The number of methoxy groups -OCH3 is 1. The maximum Gasteiger partial charge on any atom is 0.160 e. The summed E-state index contributed by atoms with van der Waals surface area (Å²) in [4.78, 5) is 0. The van der Waals surface area contributed by atoms with Gasteiger partial charge in [0.25, 0.3) is 0 Å². The topological polar surface area (TPSA) is 50.7 Å². The van der Waals surface area contributed by atoms with E-state index in [-0.39, 0.29) is 17.2 Å². The molecule has 2 rings (SSSR count). The van der Waals surface area contributed by atoms with E-state index in [1.807, 2.05) is 19.1 Å². The molecule has 118 valence electrons. The molecule has 0 bridgehead atoms. The molecule has 1 saturated carbocycles. The van der Waals surface area contributed by atoms with E-state index < -0.39 is 0 Å². The second-order valence-corrected chi connectivity index (χ2v) is 6.37. The van der Waals surface area contributed by atoms with Gasteiger partial charge < -0.3 is 19.9 Å². The van der Waals surface area contributed by atoms with Crippen LogP contribution in [0, 0.1) is 5.41 Å². The van der Waals surface area contributed by atoms with Gasteiger partial charge in [-0.15, -0.1) is 0 Å². The Labute approximate surface area is 127 Å². The molecule has 3 unspecified atom stereocenters. The van der Waals surface area contributed by atoms with Crippen LogP contribution in [-0.4, -0.2) is 31.0 Å². The number of rotatable bonds is 6. The number of hydrogen-bond acceptors (Lipinski definition) is 4. The molecular weight excluding hydrogens is 266 g/mol. The van der Waals surface area contributed by atoms with E-state index in [0.717, 1.165) is 18.6 Å². The van der Waals surface area contributed by atoms with E-state index in [1.165, 1.54) is 0 Å². The average molecular weight is 293 g/mol. The molecule has 0 saturated heterocycles. The molecule has 4 heteroatoms. The lowest BCUT2D eigenvalue weighted by Crippen LogP contribution is -2.61. The van der Waals surface area contributed by atoms with Crippen LogP contribution < -0.4 is 10.1 Å². The zero-order chi connectivity index (χ0) is 15.6. The van der Waals surface area contributed by atoms with Crippen LogP contribution in [0.4, 0.5) is 0 Å². The fourth-order valence-corrected chi connectivity index (χ4v) is 3.01. The Kier molecular flexibility index (Phi) is 4.79. The summed E-state index contributed by atoms with van der Waals surface area (Å²) in [6.07, 6.45) is 1.38. The highest BCUT2D eigenvalue weighted by molar-refractivity contribution is 5.42. The summed E-state index contributed by atoms with van der Waals surface area (Å²) in [6, 6.07) is 6.14. The van der Waals surface area contributed by atoms with E-state index in [4.69, 9.17) is 9.47 Å². The van der Waals surface area contributed by atoms with Gasteiger partial charge in [0, 0.05) is 24.1 Å². The van der Waals surface area contributed by atoms with Crippen molar-refractivity contribution in [2.75, 3.05) is 13.7 Å². The minimum Gasteiger partial charge on any atom is -0.504 e. The first-order valence-electron chi connectivity index (χ1n) is 7.64. The smallest absolute Gasteiger partial charge is 0.160 e.